The van der Waals surface area contributed by atoms with Crippen LogP contribution in [0.2, 0.25) is 0 Å². The third kappa shape index (κ3) is 8.10. The summed E-state index contributed by atoms with van der Waals surface area (Å²) in [6.07, 6.45) is 7.93. The van der Waals surface area contributed by atoms with E-state index in [-0.39, 0.29) is 41.5 Å². The molecule has 0 aromatic heterocycles. The molecule has 4 N–H and O–H groups in total. The summed E-state index contributed by atoms with van der Waals surface area (Å²) in [5.74, 6) is -0.712. The maximum atomic E-state index is 15.6. The van der Waals surface area contributed by atoms with Crippen molar-refractivity contribution in [3.63, 3.8) is 0 Å². The predicted octanol–water partition coefficient (Wildman–Crippen LogP) is 6.86. The molecule has 6 rings (SSSR count). The van der Waals surface area contributed by atoms with Gasteiger partial charge in [0.25, 0.3) is 5.91 Å². The van der Waals surface area contributed by atoms with Gasteiger partial charge in [0.15, 0.2) is 12.5 Å². The van der Waals surface area contributed by atoms with Crippen molar-refractivity contribution in [2.45, 2.75) is 70.3 Å². The number of carbonyl (C=O) groups is 3. The molecule has 0 radical (unpaired) electrons. The minimum absolute atomic E-state index is 0.0351. The molecule has 3 aliphatic rings. The number of aliphatic imine (C=N–C) groups is 1. The number of amidine groups is 1. The fraction of sp³-hybridized carbons (Fsp3) is 0.421. The highest BCUT2D eigenvalue weighted by molar-refractivity contribution is 6.01. The largest absolute Gasteiger partial charge is 0.349 e. The molecular formula is C38H43FN6O3. The number of benzene rings is 3. The van der Waals surface area contributed by atoms with Crippen molar-refractivity contribution in [3.8, 4) is 11.1 Å². The highest BCUT2D eigenvalue weighted by Crippen LogP contribution is 2.32. The number of amides is 2. The maximum absolute atomic E-state index is 15.6. The zero-order chi connectivity index (χ0) is 33.5. The molecule has 0 bridgehead atoms. The first-order valence-electron chi connectivity index (χ1n) is 17.1. The quantitative estimate of drug-likeness (QED) is 0.197. The predicted molar refractivity (Wildman–Crippen MR) is 184 cm³/mol. The van der Waals surface area contributed by atoms with Gasteiger partial charge in [-0.3, -0.25) is 14.4 Å². The molecule has 250 valence electrons. The van der Waals surface area contributed by atoms with Crippen molar-refractivity contribution < 1.29 is 18.8 Å². The van der Waals surface area contributed by atoms with Crippen molar-refractivity contribution in [2.75, 3.05) is 18.5 Å². The van der Waals surface area contributed by atoms with Gasteiger partial charge < -0.3 is 16.4 Å². The second-order valence-electron chi connectivity index (χ2n) is 13.3. The Hall–Kier alpha value is -4.57. The lowest BCUT2D eigenvalue weighted by atomic mass is 9.77. The number of nitrogens with zero attached hydrogens (tertiary/aromatic N) is 3. The van der Waals surface area contributed by atoms with E-state index in [1.807, 2.05) is 24.3 Å². The molecule has 3 aromatic rings. The molecule has 0 unspecified atom stereocenters. The lowest BCUT2D eigenvalue weighted by Crippen LogP contribution is -2.33. The number of carbonyl (C=O) groups excluding carboxylic acids is 3. The summed E-state index contributed by atoms with van der Waals surface area (Å²) in [6.45, 7) is 0.954. The second kappa shape index (κ2) is 15.6. The molecule has 2 fully saturated rings. The molecule has 0 saturated heterocycles. The van der Waals surface area contributed by atoms with Crippen LogP contribution in [-0.2, 0) is 16.0 Å². The van der Waals surface area contributed by atoms with E-state index in [2.05, 4.69) is 25.9 Å². The van der Waals surface area contributed by atoms with Gasteiger partial charge in [-0.15, -0.1) is 5.11 Å². The first-order valence-corrected chi connectivity index (χ1v) is 17.1. The fourth-order valence-corrected chi connectivity index (χ4v) is 7.08. The Morgan fingerprint density at radius 1 is 0.875 bits per heavy atom. The van der Waals surface area contributed by atoms with Crippen LogP contribution in [0, 0.1) is 23.6 Å². The van der Waals surface area contributed by atoms with Crippen LogP contribution in [0.25, 0.3) is 11.1 Å². The number of halogens is 1. The SMILES string of the molecule is NCC1CCC(C(=O)C[C@@H](Cc2ccc(-c3cccc(C(=O)NC4CCCC4)c3F)cc2)C(=O)Nc2ccc(C3=NCN=N3)cc2)CC1. The van der Waals surface area contributed by atoms with Crippen molar-refractivity contribution in [1.82, 2.24) is 5.32 Å². The van der Waals surface area contributed by atoms with Gasteiger partial charge in [-0.25, -0.2) is 9.38 Å². The van der Waals surface area contributed by atoms with Crippen molar-refractivity contribution >= 4 is 29.1 Å². The lowest BCUT2D eigenvalue weighted by Gasteiger charge is -2.27. The van der Waals surface area contributed by atoms with Crippen molar-refractivity contribution in [1.29, 1.82) is 0 Å². The minimum atomic E-state index is -0.595. The molecule has 10 heteroatoms. The van der Waals surface area contributed by atoms with Gasteiger partial charge in [-0.1, -0.05) is 49.2 Å². The molecule has 2 aliphatic carbocycles. The van der Waals surface area contributed by atoms with Gasteiger partial charge in [-0.05, 0) is 98.9 Å². The summed E-state index contributed by atoms with van der Waals surface area (Å²) in [6, 6.07) is 19.6. The van der Waals surface area contributed by atoms with E-state index >= 15 is 4.39 Å². The van der Waals surface area contributed by atoms with Crippen LogP contribution in [0.1, 0.15) is 79.3 Å². The Labute approximate surface area is 280 Å². The van der Waals surface area contributed by atoms with Crippen LogP contribution in [0.15, 0.2) is 82.0 Å². The Morgan fingerprint density at radius 2 is 1.58 bits per heavy atom. The standard InChI is InChI=1S/C38H43FN6O3/c39-35-32(6-3-7-33(35)38(48)44-30-4-1-2-5-30)26-12-8-24(9-13-26)20-29(21-34(46)27-14-10-25(22-40)11-15-27)37(47)43-31-18-16-28(17-19-31)36-41-23-42-45-36/h3,6-9,12-13,16-19,25,27,29-30H,1-2,4-5,10-11,14-15,20-23,40H2,(H,43,47)(H,44,48)/t25?,27?,29-/m1/s1. The first-order chi connectivity index (χ1) is 23.4. The van der Waals surface area contributed by atoms with Gasteiger partial charge in [0.05, 0.1) is 5.56 Å². The second-order valence-corrected chi connectivity index (χ2v) is 13.3. The van der Waals surface area contributed by atoms with Gasteiger partial charge in [0, 0.05) is 41.1 Å². The van der Waals surface area contributed by atoms with Gasteiger partial charge >= 0.3 is 0 Å². The molecule has 9 nitrogen and oxygen atoms in total. The van der Waals surface area contributed by atoms with Gasteiger partial charge in [-0.2, -0.15) is 5.11 Å². The number of hydrogen-bond donors (Lipinski definition) is 3. The molecule has 0 spiro atoms. The Morgan fingerprint density at radius 3 is 2.25 bits per heavy atom. The molecule has 1 heterocycles. The average molecular weight is 651 g/mol. The normalized spacial score (nSPS) is 19.9. The summed E-state index contributed by atoms with van der Waals surface area (Å²) in [5, 5.41) is 13.9. The number of nitrogens with two attached hydrogens (primary N) is 1. The monoisotopic (exact) mass is 650 g/mol. The molecule has 2 amide bonds. The van der Waals surface area contributed by atoms with E-state index < -0.39 is 11.7 Å². The van der Waals surface area contributed by atoms with Crippen LogP contribution in [0.3, 0.4) is 0 Å². The number of ketones is 1. The molecule has 48 heavy (non-hydrogen) atoms. The maximum Gasteiger partial charge on any atom is 0.254 e. The van der Waals surface area contributed by atoms with Crippen LogP contribution < -0.4 is 16.4 Å². The zero-order valence-electron chi connectivity index (χ0n) is 27.2. The highest BCUT2D eigenvalue weighted by Gasteiger charge is 2.30. The summed E-state index contributed by atoms with van der Waals surface area (Å²) in [7, 11) is 0. The highest BCUT2D eigenvalue weighted by atomic mass is 19.1. The van der Waals surface area contributed by atoms with E-state index in [4.69, 9.17) is 5.73 Å². The molecule has 2 saturated carbocycles. The summed E-state index contributed by atoms with van der Waals surface area (Å²) in [4.78, 5) is 44.3. The summed E-state index contributed by atoms with van der Waals surface area (Å²) in [5.41, 5.74) is 9.15. The smallest absolute Gasteiger partial charge is 0.254 e. The number of rotatable bonds is 12. The number of nitrogens with one attached hydrogen (secondary N) is 2. The lowest BCUT2D eigenvalue weighted by molar-refractivity contribution is -0.129. The number of Topliss-reactive ketones (excluding diaryl/α,β-unsaturated/α-hetero) is 1. The van der Waals surface area contributed by atoms with Gasteiger partial charge in [0.2, 0.25) is 5.91 Å². The Kier molecular flexibility index (Phi) is 10.8. The van der Waals surface area contributed by atoms with E-state index in [9.17, 15) is 14.4 Å². The van der Waals surface area contributed by atoms with E-state index in [1.54, 1.807) is 36.4 Å². The van der Waals surface area contributed by atoms with Gasteiger partial charge in [0.1, 0.15) is 11.6 Å². The van der Waals surface area contributed by atoms with E-state index in [0.717, 1.165) is 62.5 Å². The molecule has 3 aromatic carbocycles. The van der Waals surface area contributed by atoms with Crippen LogP contribution in [0.5, 0.6) is 0 Å². The number of anilines is 1. The van der Waals surface area contributed by atoms with Crippen molar-refractivity contribution in [3.05, 3.63) is 89.2 Å². The number of azo groups is 1. The fourth-order valence-electron chi connectivity index (χ4n) is 7.08. The minimum Gasteiger partial charge on any atom is -0.349 e. The third-order valence-electron chi connectivity index (χ3n) is 9.99. The van der Waals surface area contributed by atoms with E-state index in [1.165, 1.54) is 6.07 Å². The molecule has 1 aliphatic heterocycles. The molecule has 1 atom stereocenters. The first kappa shape index (κ1) is 33.3. The average Bonchev–Trinajstić information content (AvgIpc) is 3.84. The van der Waals surface area contributed by atoms with E-state index in [0.29, 0.717) is 48.2 Å². The van der Waals surface area contributed by atoms with Crippen LogP contribution >= 0.6 is 0 Å². The topological polar surface area (TPSA) is 138 Å². The third-order valence-corrected chi connectivity index (χ3v) is 9.99. The Bertz CT molecular complexity index is 1670. The summed E-state index contributed by atoms with van der Waals surface area (Å²) < 4.78 is 15.6. The zero-order valence-corrected chi connectivity index (χ0v) is 27.2. The summed E-state index contributed by atoms with van der Waals surface area (Å²) >= 11 is 0. The Balaban J connectivity index is 1.16. The number of hydrogen-bond acceptors (Lipinski definition) is 7. The molecular weight excluding hydrogens is 607 g/mol. The van der Waals surface area contributed by atoms with Crippen LogP contribution in [-0.4, -0.2) is 42.7 Å². The van der Waals surface area contributed by atoms with Crippen molar-refractivity contribution in [2.24, 2.45) is 38.7 Å². The van der Waals surface area contributed by atoms with Crippen LogP contribution in [0.4, 0.5) is 10.1 Å².